The Kier molecular flexibility index (Phi) is 8.91. The van der Waals surface area contributed by atoms with Crippen molar-refractivity contribution in [2.24, 2.45) is 0 Å². The maximum Gasteiger partial charge on any atom is 0.123 e. The molecule has 0 aliphatic carbocycles. The van der Waals surface area contributed by atoms with Gasteiger partial charge in [0.15, 0.2) is 0 Å². The third-order valence-corrected chi connectivity index (χ3v) is 3.95. The van der Waals surface area contributed by atoms with E-state index in [1.807, 2.05) is 54.4 Å². The summed E-state index contributed by atoms with van der Waals surface area (Å²) in [4.78, 5) is 2.04. The molecule has 0 aliphatic heterocycles. The fourth-order valence-corrected chi connectivity index (χ4v) is 2.62. The number of rotatable bonds is 12. The zero-order chi connectivity index (χ0) is 19.5. The van der Waals surface area contributed by atoms with Crippen molar-refractivity contribution in [2.45, 2.75) is 19.1 Å². The molecule has 2 rings (SSSR count). The highest BCUT2D eigenvalue weighted by atomic mass is 16.5. The Bertz CT molecular complexity index is 662. The van der Waals surface area contributed by atoms with Gasteiger partial charge >= 0.3 is 0 Å². The van der Waals surface area contributed by atoms with Gasteiger partial charge in [-0.2, -0.15) is 0 Å². The van der Waals surface area contributed by atoms with Crippen molar-refractivity contribution in [3.05, 3.63) is 54.1 Å². The van der Waals surface area contributed by atoms with Crippen molar-refractivity contribution in [3.8, 4) is 17.2 Å². The van der Waals surface area contributed by atoms with Gasteiger partial charge in [0.1, 0.15) is 30.0 Å². The number of benzene rings is 2. The van der Waals surface area contributed by atoms with Crippen LogP contribution in [0.5, 0.6) is 17.2 Å². The lowest BCUT2D eigenvalue weighted by Gasteiger charge is -2.21. The predicted molar refractivity (Wildman–Crippen MR) is 104 cm³/mol. The first kappa shape index (κ1) is 21.0. The number of methoxy groups -OCH3 is 1. The van der Waals surface area contributed by atoms with Gasteiger partial charge in [-0.05, 0) is 36.9 Å². The standard InChI is InChI=1S/C21H29NO5/c1-22(14-17-7-9-19(10-8-17)26-12-4-11-23)15-18(24)16-27-21-6-3-5-20(13-21)25-2/h3,5-10,13,18,23-24H,4,11-12,14-16H2,1-2H3/t18-/m1/s1. The second-order valence-electron chi connectivity index (χ2n) is 6.41. The molecule has 2 aromatic carbocycles. The van der Waals surface area contributed by atoms with Gasteiger partial charge in [-0.15, -0.1) is 0 Å². The molecule has 0 amide bonds. The highest BCUT2D eigenvalue weighted by molar-refractivity contribution is 5.32. The van der Waals surface area contributed by atoms with Gasteiger partial charge in [-0.1, -0.05) is 18.2 Å². The van der Waals surface area contributed by atoms with Crippen molar-refractivity contribution in [2.75, 3.05) is 40.5 Å². The fourth-order valence-electron chi connectivity index (χ4n) is 2.62. The third kappa shape index (κ3) is 7.86. The molecule has 0 bridgehead atoms. The topological polar surface area (TPSA) is 71.4 Å². The first-order valence-corrected chi connectivity index (χ1v) is 9.06. The van der Waals surface area contributed by atoms with Crippen LogP contribution in [0.25, 0.3) is 0 Å². The number of nitrogens with zero attached hydrogens (tertiary/aromatic N) is 1. The number of hydrogen-bond donors (Lipinski definition) is 2. The van der Waals surface area contributed by atoms with E-state index in [0.29, 0.717) is 31.9 Å². The van der Waals surface area contributed by atoms with Crippen molar-refractivity contribution in [1.82, 2.24) is 4.90 Å². The molecule has 1 atom stereocenters. The molecule has 0 saturated heterocycles. The molecular weight excluding hydrogens is 346 g/mol. The Labute approximate surface area is 160 Å². The fraction of sp³-hybridized carbons (Fsp3) is 0.429. The molecule has 0 spiro atoms. The second kappa shape index (κ2) is 11.4. The van der Waals surface area contributed by atoms with Crippen LogP contribution in [0.2, 0.25) is 0 Å². The summed E-state index contributed by atoms with van der Waals surface area (Å²) in [6.07, 6.45) is 0.0301. The normalized spacial score (nSPS) is 12.0. The molecule has 2 aromatic rings. The molecule has 0 fully saturated rings. The van der Waals surface area contributed by atoms with E-state index in [9.17, 15) is 5.11 Å². The van der Waals surface area contributed by atoms with Crippen LogP contribution in [0.4, 0.5) is 0 Å². The lowest BCUT2D eigenvalue weighted by molar-refractivity contribution is 0.0743. The summed E-state index contributed by atoms with van der Waals surface area (Å²) in [6, 6.07) is 15.2. The van der Waals surface area contributed by atoms with Crippen LogP contribution < -0.4 is 14.2 Å². The molecule has 0 saturated carbocycles. The lowest BCUT2D eigenvalue weighted by atomic mass is 10.2. The van der Waals surface area contributed by atoms with Crippen molar-refractivity contribution >= 4 is 0 Å². The molecule has 0 radical (unpaired) electrons. The number of likely N-dealkylation sites (N-methyl/N-ethyl adjacent to an activating group) is 1. The lowest BCUT2D eigenvalue weighted by Crippen LogP contribution is -2.32. The van der Waals surface area contributed by atoms with Gasteiger partial charge in [0, 0.05) is 32.2 Å². The van der Waals surface area contributed by atoms with E-state index in [1.165, 1.54) is 0 Å². The molecule has 27 heavy (non-hydrogen) atoms. The Balaban J connectivity index is 1.73. The number of hydrogen-bond acceptors (Lipinski definition) is 6. The Morgan fingerprint density at radius 3 is 2.44 bits per heavy atom. The average molecular weight is 375 g/mol. The smallest absolute Gasteiger partial charge is 0.123 e. The van der Waals surface area contributed by atoms with E-state index in [4.69, 9.17) is 19.3 Å². The molecule has 6 heteroatoms. The van der Waals surface area contributed by atoms with Crippen molar-refractivity contribution < 1.29 is 24.4 Å². The van der Waals surface area contributed by atoms with Crippen LogP contribution in [-0.2, 0) is 6.54 Å². The number of aliphatic hydroxyl groups excluding tert-OH is 2. The summed E-state index contributed by atoms with van der Waals surface area (Å²) in [6.45, 7) is 2.07. The monoisotopic (exact) mass is 375 g/mol. The largest absolute Gasteiger partial charge is 0.497 e. The highest BCUT2D eigenvalue weighted by Crippen LogP contribution is 2.19. The van der Waals surface area contributed by atoms with Gasteiger partial charge in [-0.25, -0.2) is 0 Å². The number of ether oxygens (including phenoxy) is 3. The van der Waals surface area contributed by atoms with Crippen LogP contribution in [0, 0.1) is 0 Å². The predicted octanol–water partition coefficient (Wildman–Crippen LogP) is 2.33. The van der Waals surface area contributed by atoms with Crippen molar-refractivity contribution in [1.29, 1.82) is 0 Å². The first-order valence-electron chi connectivity index (χ1n) is 9.06. The van der Waals surface area contributed by atoms with Crippen LogP contribution in [0.1, 0.15) is 12.0 Å². The number of aliphatic hydroxyl groups is 2. The summed E-state index contributed by atoms with van der Waals surface area (Å²) >= 11 is 0. The van der Waals surface area contributed by atoms with Crippen LogP contribution >= 0.6 is 0 Å². The molecule has 148 valence electrons. The van der Waals surface area contributed by atoms with Gasteiger partial charge in [0.05, 0.1) is 13.7 Å². The van der Waals surface area contributed by atoms with Gasteiger partial charge in [0.25, 0.3) is 0 Å². The van der Waals surface area contributed by atoms with E-state index in [2.05, 4.69) is 0 Å². The maximum atomic E-state index is 10.2. The van der Waals surface area contributed by atoms with E-state index < -0.39 is 6.10 Å². The average Bonchev–Trinajstić information content (AvgIpc) is 2.68. The summed E-state index contributed by atoms with van der Waals surface area (Å²) in [5.41, 5.74) is 1.13. The van der Waals surface area contributed by atoms with Crippen molar-refractivity contribution in [3.63, 3.8) is 0 Å². The minimum Gasteiger partial charge on any atom is -0.497 e. The third-order valence-electron chi connectivity index (χ3n) is 3.95. The Morgan fingerprint density at radius 2 is 1.74 bits per heavy atom. The minimum atomic E-state index is -0.595. The molecule has 0 aromatic heterocycles. The Hall–Kier alpha value is -2.28. The highest BCUT2D eigenvalue weighted by Gasteiger charge is 2.10. The molecule has 6 nitrogen and oxygen atoms in total. The molecular formula is C21H29NO5. The Morgan fingerprint density at radius 1 is 1.00 bits per heavy atom. The van der Waals surface area contributed by atoms with E-state index in [-0.39, 0.29) is 13.2 Å². The van der Waals surface area contributed by atoms with E-state index in [0.717, 1.165) is 17.1 Å². The molecule has 0 heterocycles. The van der Waals surface area contributed by atoms with Crippen LogP contribution in [0.15, 0.2) is 48.5 Å². The first-order chi connectivity index (χ1) is 13.1. The maximum absolute atomic E-state index is 10.2. The zero-order valence-corrected chi connectivity index (χ0v) is 16.0. The van der Waals surface area contributed by atoms with E-state index in [1.54, 1.807) is 13.2 Å². The van der Waals surface area contributed by atoms with Gasteiger partial charge in [-0.3, -0.25) is 4.90 Å². The zero-order valence-electron chi connectivity index (χ0n) is 16.0. The minimum absolute atomic E-state index is 0.132. The van der Waals surface area contributed by atoms with Gasteiger partial charge < -0.3 is 24.4 Å². The second-order valence-corrected chi connectivity index (χ2v) is 6.41. The summed E-state index contributed by atoms with van der Waals surface area (Å²) < 4.78 is 16.3. The van der Waals surface area contributed by atoms with E-state index >= 15 is 0 Å². The van der Waals surface area contributed by atoms with Crippen LogP contribution in [0.3, 0.4) is 0 Å². The summed E-state index contributed by atoms with van der Waals surface area (Å²) in [5.74, 6) is 2.19. The van der Waals surface area contributed by atoms with Crippen LogP contribution in [-0.4, -0.2) is 61.7 Å². The molecule has 2 N–H and O–H groups in total. The molecule has 0 unspecified atom stereocenters. The van der Waals surface area contributed by atoms with Gasteiger partial charge in [0.2, 0.25) is 0 Å². The summed E-state index contributed by atoms with van der Waals surface area (Å²) in [5, 5.41) is 19.0. The SMILES string of the molecule is COc1cccc(OC[C@H](O)CN(C)Cc2ccc(OCCCO)cc2)c1. The quantitative estimate of drug-likeness (QED) is 0.555. The molecule has 0 aliphatic rings. The summed E-state index contributed by atoms with van der Waals surface area (Å²) in [7, 11) is 3.57.